The Labute approximate surface area is 371 Å². The molecule has 0 spiro atoms. The Morgan fingerprint density at radius 2 is 1.06 bits per heavy atom. The zero-order valence-electron chi connectivity index (χ0n) is 37.8. The van der Waals surface area contributed by atoms with Crippen LogP contribution >= 0.6 is 0 Å². The van der Waals surface area contributed by atoms with Crippen molar-refractivity contribution in [1.82, 2.24) is 30.4 Å². The lowest BCUT2D eigenvalue weighted by Crippen LogP contribution is -2.48. The van der Waals surface area contributed by atoms with E-state index >= 15 is 0 Å². The maximum absolute atomic E-state index is 13.0. The van der Waals surface area contributed by atoms with Gasteiger partial charge in [-0.15, -0.1) is 10.2 Å². The number of tetrazole rings is 1. The van der Waals surface area contributed by atoms with Crippen molar-refractivity contribution >= 4 is 23.8 Å². The van der Waals surface area contributed by atoms with Crippen LogP contribution < -0.4 is 0 Å². The van der Waals surface area contributed by atoms with Crippen LogP contribution in [0.4, 0.5) is 0 Å². The summed E-state index contributed by atoms with van der Waals surface area (Å²) in [5.74, 6) is -0.462. The summed E-state index contributed by atoms with van der Waals surface area (Å²) >= 11 is 0. The second kappa shape index (κ2) is 24.7. The molecule has 0 saturated carbocycles. The van der Waals surface area contributed by atoms with Crippen molar-refractivity contribution in [3.05, 3.63) is 114 Å². The van der Waals surface area contributed by atoms with E-state index < -0.39 is 18.1 Å². The normalized spacial score (nSPS) is 11.8. The van der Waals surface area contributed by atoms with Crippen molar-refractivity contribution in [3.8, 4) is 39.7 Å². The second-order valence-electron chi connectivity index (χ2n) is 16.0. The van der Waals surface area contributed by atoms with Gasteiger partial charge in [0, 0.05) is 31.5 Å². The lowest BCUT2D eigenvalue weighted by atomic mass is 9.97. The van der Waals surface area contributed by atoms with E-state index in [1.807, 2.05) is 133 Å². The summed E-state index contributed by atoms with van der Waals surface area (Å²) in [5.41, 5.74) is 7.15. The SMILES string of the molecule is CCCCC(=O)N(Cc1ccc(-c2ccccc2-c2nn[nH]n2)cc1)[C@H](C(=O)OC)C(C)C.CCCCC(=O)N(Cc1ccc(-c2ccccc2C#N)cc1)[C@H](C(=O)OC)C(C)C. The molecule has 2 atom stereocenters. The molecular formula is C50H61N7O6. The summed E-state index contributed by atoms with van der Waals surface area (Å²) < 4.78 is 10.0. The summed E-state index contributed by atoms with van der Waals surface area (Å²) in [4.78, 5) is 54.2. The predicted molar refractivity (Wildman–Crippen MR) is 243 cm³/mol. The van der Waals surface area contributed by atoms with Gasteiger partial charge in [0.05, 0.1) is 25.9 Å². The summed E-state index contributed by atoms with van der Waals surface area (Å²) in [6.07, 6.45) is 4.21. The molecule has 0 radical (unpaired) electrons. The molecule has 63 heavy (non-hydrogen) atoms. The first kappa shape index (κ1) is 49.0. The highest BCUT2D eigenvalue weighted by Gasteiger charge is 2.34. The quantitative estimate of drug-likeness (QED) is 0.0790. The van der Waals surface area contributed by atoms with E-state index in [0.717, 1.165) is 64.6 Å². The molecule has 332 valence electrons. The van der Waals surface area contributed by atoms with Gasteiger partial charge in [-0.2, -0.15) is 10.5 Å². The zero-order chi connectivity index (χ0) is 45.9. The minimum Gasteiger partial charge on any atom is -0.467 e. The van der Waals surface area contributed by atoms with E-state index in [4.69, 9.17) is 9.47 Å². The van der Waals surface area contributed by atoms with Crippen LogP contribution in [0.25, 0.3) is 33.6 Å². The maximum atomic E-state index is 13.0. The van der Waals surface area contributed by atoms with Gasteiger partial charge in [-0.3, -0.25) is 9.59 Å². The van der Waals surface area contributed by atoms with Crippen LogP contribution in [0.2, 0.25) is 0 Å². The number of hydrogen-bond acceptors (Lipinski definition) is 10. The van der Waals surface area contributed by atoms with Gasteiger partial charge in [0.25, 0.3) is 0 Å². The van der Waals surface area contributed by atoms with Crippen LogP contribution in [0.5, 0.6) is 0 Å². The Kier molecular flexibility index (Phi) is 19.2. The van der Waals surface area contributed by atoms with Gasteiger partial charge in [0.15, 0.2) is 0 Å². The van der Waals surface area contributed by atoms with Crippen LogP contribution in [0.3, 0.4) is 0 Å². The molecule has 2 amide bonds. The Morgan fingerprint density at radius 1 is 0.635 bits per heavy atom. The third kappa shape index (κ3) is 13.4. The molecule has 4 aromatic carbocycles. The highest BCUT2D eigenvalue weighted by Crippen LogP contribution is 2.31. The van der Waals surface area contributed by atoms with Crippen LogP contribution in [0.1, 0.15) is 96.8 Å². The lowest BCUT2D eigenvalue weighted by Gasteiger charge is -2.32. The Morgan fingerprint density at radius 3 is 1.46 bits per heavy atom. The van der Waals surface area contributed by atoms with E-state index in [1.165, 1.54) is 14.2 Å². The number of rotatable bonds is 19. The zero-order valence-corrected chi connectivity index (χ0v) is 37.8. The van der Waals surface area contributed by atoms with Gasteiger partial charge in [-0.1, -0.05) is 145 Å². The molecule has 0 saturated heterocycles. The van der Waals surface area contributed by atoms with Gasteiger partial charge in [0.1, 0.15) is 12.1 Å². The highest BCUT2D eigenvalue weighted by atomic mass is 16.5. The van der Waals surface area contributed by atoms with Gasteiger partial charge in [-0.05, 0) is 69.3 Å². The van der Waals surface area contributed by atoms with Crippen molar-refractivity contribution in [2.24, 2.45) is 11.8 Å². The monoisotopic (exact) mass is 855 g/mol. The average molecular weight is 856 g/mol. The molecule has 0 aliphatic heterocycles. The first-order valence-electron chi connectivity index (χ1n) is 21.6. The molecule has 1 N–H and O–H groups in total. The number of nitrogens with one attached hydrogen (secondary N) is 1. The fourth-order valence-electron chi connectivity index (χ4n) is 7.40. The Hall–Kier alpha value is -6.68. The number of esters is 2. The van der Waals surface area contributed by atoms with Crippen LogP contribution in [-0.2, 0) is 41.7 Å². The molecule has 13 nitrogen and oxygen atoms in total. The van der Waals surface area contributed by atoms with Crippen LogP contribution in [0, 0.1) is 23.2 Å². The van der Waals surface area contributed by atoms with Crippen molar-refractivity contribution in [2.45, 2.75) is 105 Å². The van der Waals surface area contributed by atoms with Crippen molar-refractivity contribution in [3.63, 3.8) is 0 Å². The molecule has 0 bridgehead atoms. The molecule has 0 fully saturated rings. The fraction of sp³-hybridized carbons (Fsp3) is 0.400. The molecular weight excluding hydrogens is 795 g/mol. The predicted octanol–water partition coefficient (Wildman–Crippen LogP) is 9.19. The number of nitrogens with zero attached hydrogens (tertiary/aromatic N) is 6. The second-order valence-corrected chi connectivity index (χ2v) is 16.0. The number of carbonyl (C=O) groups excluding carboxylic acids is 4. The number of ether oxygens (including phenoxy) is 2. The number of aromatic amines is 1. The van der Waals surface area contributed by atoms with Crippen molar-refractivity contribution in [2.75, 3.05) is 14.2 Å². The van der Waals surface area contributed by atoms with E-state index in [0.29, 0.717) is 37.3 Å². The minimum absolute atomic E-state index is 0.0347. The number of H-pyrrole nitrogens is 1. The number of amides is 2. The summed E-state index contributed by atoms with van der Waals surface area (Å²) in [7, 11) is 2.72. The third-order valence-electron chi connectivity index (χ3n) is 10.7. The number of benzene rings is 4. The summed E-state index contributed by atoms with van der Waals surface area (Å²) in [5, 5.41) is 23.7. The van der Waals surface area contributed by atoms with Crippen LogP contribution in [-0.4, -0.2) is 80.5 Å². The molecule has 0 unspecified atom stereocenters. The molecule has 5 aromatic rings. The summed E-state index contributed by atoms with van der Waals surface area (Å²) in [6, 6.07) is 32.0. The van der Waals surface area contributed by atoms with Gasteiger partial charge >= 0.3 is 11.9 Å². The van der Waals surface area contributed by atoms with E-state index in [1.54, 1.807) is 15.9 Å². The fourth-order valence-corrected chi connectivity index (χ4v) is 7.40. The Bertz CT molecular complexity index is 2270. The summed E-state index contributed by atoms with van der Waals surface area (Å²) in [6.45, 7) is 12.5. The standard InChI is InChI=1S/C25H31N5O3.C25H30N2O3/c1-5-6-11-22(31)30(23(17(2)3)25(32)33-4)16-18-12-14-19(15-13-18)20-9-7-8-10-21(20)24-26-28-29-27-24;1-5-6-11-23(28)27(24(18(2)3)25(29)30-4)17-19-12-14-20(15-13-19)22-10-8-7-9-21(22)16-26/h7-10,12-15,17,23H,5-6,11,16H2,1-4H3,(H,26,27,28,29);7-10,12-15,18,24H,5-6,11,17H2,1-4H3/t23-;24-/m00/s1. The Balaban J connectivity index is 0.000000278. The first-order valence-corrected chi connectivity index (χ1v) is 21.6. The molecule has 0 aliphatic carbocycles. The van der Waals surface area contributed by atoms with Crippen LogP contribution in [0.15, 0.2) is 97.1 Å². The number of nitriles is 1. The lowest BCUT2D eigenvalue weighted by molar-refractivity contribution is -0.155. The number of methoxy groups -OCH3 is 2. The molecule has 5 rings (SSSR count). The number of hydrogen-bond donors (Lipinski definition) is 1. The van der Waals surface area contributed by atoms with Crippen molar-refractivity contribution in [1.29, 1.82) is 5.26 Å². The molecule has 1 heterocycles. The third-order valence-corrected chi connectivity index (χ3v) is 10.7. The van der Waals surface area contributed by atoms with E-state index in [2.05, 4.69) is 26.7 Å². The molecule has 0 aliphatic rings. The van der Waals surface area contributed by atoms with E-state index in [-0.39, 0.29) is 29.6 Å². The number of unbranched alkanes of at least 4 members (excludes halogenated alkanes) is 2. The van der Waals surface area contributed by atoms with Gasteiger partial charge in [0.2, 0.25) is 17.6 Å². The largest absolute Gasteiger partial charge is 0.467 e. The molecule has 1 aromatic heterocycles. The number of carbonyl (C=O) groups is 4. The first-order chi connectivity index (χ1) is 30.4. The smallest absolute Gasteiger partial charge is 0.328 e. The average Bonchev–Trinajstić information content (AvgIpc) is 3.85. The number of aromatic nitrogens is 4. The van der Waals surface area contributed by atoms with Crippen molar-refractivity contribution < 1.29 is 28.7 Å². The minimum atomic E-state index is -0.627. The van der Waals surface area contributed by atoms with E-state index in [9.17, 15) is 24.4 Å². The topological polar surface area (TPSA) is 171 Å². The molecule has 13 heteroatoms. The highest BCUT2D eigenvalue weighted by molar-refractivity contribution is 5.86. The maximum Gasteiger partial charge on any atom is 0.328 e. The van der Waals surface area contributed by atoms with Gasteiger partial charge < -0.3 is 19.3 Å². The van der Waals surface area contributed by atoms with Gasteiger partial charge in [-0.25, -0.2) is 9.59 Å².